The van der Waals surface area contributed by atoms with Gasteiger partial charge in [0, 0.05) is 68.0 Å². The summed E-state index contributed by atoms with van der Waals surface area (Å²) >= 11 is 0. The topological polar surface area (TPSA) is 154 Å². The molecule has 312 valence electrons. The number of carbonyl (C=O) groups excluding carboxylic acids is 3. The highest BCUT2D eigenvalue weighted by Crippen LogP contribution is 2.32. The summed E-state index contributed by atoms with van der Waals surface area (Å²) in [4.78, 5) is 52.6. The average Bonchev–Trinajstić information content (AvgIpc) is 3.77. The molecule has 0 aliphatic carbocycles. The van der Waals surface area contributed by atoms with E-state index in [0.29, 0.717) is 43.0 Å². The smallest absolute Gasteiger partial charge is 0.328 e. The Hall–Kier alpha value is -6.15. The monoisotopic (exact) mass is 809 g/mol. The summed E-state index contributed by atoms with van der Waals surface area (Å²) in [7, 11) is 0. The minimum atomic E-state index is -0.338. The van der Waals surface area contributed by atoms with Gasteiger partial charge in [0.1, 0.15) is 0 Å². The second-order valence-corrected chi connectivity index (χ2v) is 17.3. The van der Waals surface area contributed by atoms with E-state index in [2.05, 4.69) is 83.5 Å². The Morgan fingerprint density at radius 3 is 2.28 bits per heavy atom. The van der Waals surface area contributed by atoms with E-state index in [1.165, 1.54) is 24.1 Å². The molecule has 5 heterocycles. The van der Waals surface area contributed by atoms with Crippen LogP contribution < -0.4 is 25.8 Å². The third kappa shape index (κ3) is 9.65. The van der Waals surface area contributed by atoms with Crippen molar-refractivity contribution in [3.8, 4) is 11.3 Å². The first-order valence-corrected chi connectivity index (χ1v) is 21.1. The van der Waals surface area contributed by atoms with E-state index < -0.39 is 0 Å². The first kappa shape index (κ1) is 40.6. The van der Waals surface area contributed by atoms with Gasteiger partial charge in [-0.3, -0.25) is 19.8 Å². The van der Waals surface area contributed by atoms with Gasteiger partial charge in [-0.05, 0) is 144 Å². The maximum absolute atomic E-state index is 12.7. The number of benzene rings is 3. The molecule has 3 aromatic carbocycles. The van der Waals surface area contributed by atoms with Gasteiger partial charge in [0.2, 0.25) is 11.9 Å². The number of rotatable bonds is 11. The molecule has 3 saturated heterocycles. The fourth-order valence-electron chi connectivity index (χ4n) is 8.40. The number of anilines is 4. The van der Waals surface area contributed by atoms with Crippen molar-refractivity contribution in [3.63, 3.8) is 0 Å². The fraction of sp³-hybridized carbons (Fsp3) is 0.413. The zero-order valence-electron chi connectivity index (χ0n) is 35.0. The van der Waals surface area contributed by atoms with Crippen molar-refractivity contribution in [2.45, 2.75) is 77.8 Å². The third-order valence-electron chi connectivity index (χ3n) is 12.1. The molecule has 0 radical (unpaired) electrons. The molecule has 0 saturated carbocycles. The van der Waals surface area contributed by atoms with Crippen molar-refractivity contribution in [3.05, 3.63) is 108 Å². The van der Waals surface area contributed by atoms with Crippen molar-refractivity contribution in [1.29, 1.82) is 0 Å². The number of carbonyl (C=O) groups is 3. The van der Waals surface area contributed by atoms with Crippen molar-refractivity contribution < 1.29 is 14.4 Å². The second-order valence-electron chi connectivity index (χ2n) is 17.3. The second kappa shape index (κ2) is 17.6. The van der Waals surface area contributed by atoms with Crippen molar-refractivity contribution >= 4 is 40.9 Å². The molecule has 14 heteroatoms. The highest BCUT2D eigenvalue weighted by Gasteiger charge is 2.27. The SMILES string of the molecule is Cc1cc(-c2ccnc(Nc3ccc(N4CCC(CN5CCC(c6ccc(N7CCC(=O)NC7=O)cc6)CC5)CC4)cc3)n2)ccc1CNC(=O)c1cn(C(C)(C)C)nn1. The largest absolute Gasteiger partial charge is 0.372 e. The number of nitrogens with zero attached hydrogens (tertiary/aromatic N) is 8. The quantitative estimate of drug-likeness (QED) is 0.127. The molecule has 4 amide bonds. The zero-order valence-corrected chi connectivity index (χ0v) is 35.0. The number of aryl methyl sites for hydroxylation is 1. The molecule has 5 aromatic rings. The summed E-state index contributed by atoms with van der Waals surface area (Å²) < 4.78 is 1.69. The first-order chi connectivity index (χ1) is 28.9. The lowest BCUT2D eigenvalue weighted by Crippen LogP contribution is -2.49. The van der Waals surface area contributed by atoms with Gasteiger partial charge in [-0.25, -0.2) is 19.4 Å². The Balaban J connectivity index is 0.773. The molecule has 8 rings (SSSR count). The van der Waals surface area contributed by atoms with Gasteiger partial charge in [0.25, 0.3) is 5.91 Å². The fourth-order valence-corrected chi connectivity index (χ4v) is 8.40. The van der Waals surface area contributed by atoms with Crippen molar-refractivity contribution in [2.24, 2.45) is 5.92 Å². The van der Waals surface area contributed by atoms with E-state index in [1.807, 2.05) is 58.0 Å². The maximum atomic E-state index is 12.7. The van der Waals surface area contributed by atoms with Gasteiger partial charge in [0.15, 0.2) is 5.69 Å². The standard InChI is InChI=1S/C46H55N11O3/c1-31-27-35(5-6-36(31)28-48-43(59)41-30-57(53-52-41)46(2,3)4)40-15-21-47-44(50-40)49-37-9-13-38(14-10-37)55-24-16-32(17-25-55)29-54-22-18-34(19-23-54)33-7-11-39(12-8-33)56-26-20-42(58)51-45(56)60/h5-15,21,27,30,32,34H,16-20,22-26,28-29H2,1-4H3,(H,48,59)(H,47,49,50)(H,51,58,60). The summed E-state index contributed by atoms with van der Waals surface area (Å²) in [5.41, 5.74) is 8.23. The predicted octanol–water partition coefficient (Wildman–Crippen LogP) is 7.01. The van der Waals surface area contributed by atoms with Crippen LogP contribution in [0.3, 0.4) is 0 Å². The molecule has 0 unspecified atom stereocenters. The number of amides is 4. The van der Waals surface area contributed by atoms with Crippen LogP contribution in [0, 0.1) is 12.8 Å². The molecule has 14 nitrogen and oxygen atoms in total. The van der Waals surface area contributed by atoms with Gasteiger partial charge >= 0.3 is 6.03 Å². The van der Waals surface area contributed by atoms with E-state index in [9.17, 15) is 14.4 Å². The van der Waals surface area contributed by atoms with Gasteiger partial charge in [-0.2, -0.15) is 0 Å². The Kier molecular flexibility index (Phi) is 11.9. The van der Waals surface area contributed by atoms with E-state index >= 15 is 0 Å². The van der Waals surface area contributed by atoms with E-state index in [4.69, 9.17) is 4.98 Å². The van der Waals surface area contributed by atoms with Crippen molar-refractivity contribution in [2.75, 3.05) is 54.4 Å². The predicted molar refractivity (Wildman–Crippen MR) is 233 cm³/mol. The summed E-state index contributed by atoms with van der Waals surface area (Å²) in [6, 6.07) is 24.6. The number of imide groups is 1. The van der Waals surface area contributed by atoms with Crippen LogP contribution in [0.4, 0.5) is 27.8 Å². The Bertz CT molecular complexity index is 2300. The number of hydrogen-bond acceptors (Lipinski definition) is 10. The van der Waals surface area contributed by atoms with Crippen LogP contribution in [0.5, 0.6) is 0 Å². The van der Waals surface area contributed by atoms with Crippen LogP contribution in [0.25, 0.3) is 11.3 Å². The molecule has 3 aliphatic rings. The van der Waals surface area contributed by atoms with Gasteiger partial charge in [-0.1, -0.05) is 29.5 Å². The summed E-state index contributed by atoms with van der Waals surface area (Å²) in [5.74, 6) is 1.31. The molecular weight excluding hydrogens is 755 g/mol. The molecule has 3 aliphatic heterocycles. The minimum Gasteiger partial charge on any atom is -0.372 e. The molecule has 3 N–H and O–H groups in total. The van der Waals surface area contributed by atoms with Crippen molar-refractivity contribution in [1.82, 2.24) is 40.5 Å². The molecular formula is C46H55N11O3. The zero-order chi connectivity index (χ0) is 41.8. The number of likely N-dealkylation sites (tertiary alicyclic amines) is 1. The number of aromatic nitrogens is 5. The Morgan fingerprint density at radius 2 is 1.60 bits per heavy atom. The number of nitrogens with one attached hydrogen (secondary N) is 3. The first-order valence-electron chi connectivity index (χ1n) is 21.1. The lowest BCUT2D eigenvalue weighted by Gasteiger charge is -2.38. The lowest BCUT2D eigenvalue weighted by atomic mass is 9.88. The van der Waals surface area contributed by atoms with Gasteiger partial charge in [-0.15, -0.1) is 5.10 Å². The summed E-state index contributed by atoms with van der Waals surface area (Å²) in [5, 5.41) is 16.9. The van der Waals surface area contributed by atoms with Gasteiger partial charge in [0.05, 0.1) is 17.4 Å². The highest BCUT2D eigenvalue weighted by molar-refractivity contribution is 6.05. The summed E-state index contributed by atoms with van der Waals surface area (Å²) in [6.07, 6.45) is 8.45. The van der Waals surface area contributed by atoms with Crippen LogP contribution in [-0.4, -0.2) is 87.0 Å². The Labute approximate surface area is 351 Å². The number of hydrogen-bond donors (Lipinski definition) is 3. The molecule has 0 spiro atoms. The molecule has 0 atom stereocenters. The molecule has 0 bridgehead atoms. The maximum Gasteiger partial charge on any atom is 0.328 e. The third-order valence-corrected chi connectivity index (χ3v) is 12.1. The van der Waals surface area contributed by atoms with Crippen LogP contribution in [-0.2, 0) is 16.9 Å². The lowest BCUT2D eigenvalue weighted by molar-refractivity contribution is -0.120. The van der Waals surface area contributed by atoms with Crippen LogP contribution in [0.15, 0.2) is 85.2 Å². The van der Waals surface area contributed by atoms with E-state index in [1.54, 1.807) is 22.0 Å². The molecule has 3 fully saturated rings. The normalized spacial score (nSPS) is 17.1. The number of piperidine rings is 2. The summed E-state index contributed by atoms with van der Waals surface area (Å²) in [6.45, 7) is 14.4. The molecule has 60 heavy (non-hydrogen) atoms. The van der Waals surface area contributed by atoms with Crippen LogP contribution in [0.2, 0.25) is 0 Å². The van der Waals surface area contributed by atoms with Crippen LogP contribution >= 0.6 is 0 Å². The highest BCUT2D eigenvalue weighted by atomic mass is 16.2. The van der Waals surface area contributed by atoms with Crippen LogP contribution in [0.1, 0.15) is 86.0 Å². The van der Waals surface area contributed by atoms with E-state index in [-0.39, 0.29) is 23.4 Å². The average molecular weight is 810 g/mol. The van der Waals surface area contributed by atoms with E-state index in [0.717, 1.165) is 79.3 Å². The molecule has 2 aromatic heterocycles. The minimum absolute atomic E-state index is 0.210. The number of urea groups is 1. The van der Waals surface area contributed by atoms with Gasteiger partial charge < -0.3 is 20.4 Å². The Morgan fingerprint density at radius 1 is 0.867 bits per heavy atom.